The summed E-state index contributed by atoms with van der Waals surface area (Å²) in [7, 11) is 0. The maximum atomic E-state index is 10.9. The van der Waals surface area contributed by atoms with Gasteiger partial charge in [-0.15, -0.1) is 0 Å². The second-order valence-electron chi connectivity index (χ2n) is 4.68. The van der Waals surface area contributed by atoms with E-state index in [4.69, 9.17) is 4.74 Å². The Bertz CT molecular complexity index is 406. The first-order valence-corrected chi connectivity index (χ1v) is 6.22. The zero-order valence-corrected chi connectivity index (χ0v) is 11.2. The van der Waals surface area contributed by atoms with Crippen LogP contribution in [0.1, 0.15) is 39.2 Å². The van der Waals surface area contributed by atoms with Crippen molar-refractivity contribution in [2.45, 2.75) is 46.1 Å². The number of carbonyl (C=O) groups is 2. The van der Waals surface area contributed by atoms with Gasteiger partial charge in [-0.1, -0.05) is 12.1 Å². The van der Waals surface area contributed by atoms with Gasteiger partial charge in [-0.05, 0) is 44.9 Å². The standard InChI is InChI=1S/C15H20O3/c1-11(16)4-5-14-6-8-15(9-7-14)18-13(3)10-12(2)17/h6-9,13H,4-5,10H2,1-3H3. The molecule has 18 heavy (non-hydrogen) atoms. The first kappa shape index (κ1) is 14.4. The molecule has 98 valence electrons. The molecule has 0 amide bonds. The number of hydrogen-bond donors (Lipinski definition) is 0. The molecule has 0 N–H and O–H groups in total. The van der Waals surface area contributed by atoms with Crippen LogP contribution in [0, 0.1) is 0 Å². The highest BCUT2D eigenvalue weighted by Gasteiger charge is 2.07. The van der Waals surface area contributed by atoms with E-state index in [0.29, 0.717) is 12.8 Å². The Kier molecular flexibility index (Phi) is 5.56. The van der Waals surface area contributed by atoms with Crippen molar-refractivity contribution in [3.63, 3.8) is 0 Å². The van der Waals surface area contributed by atoms with Crippen LogP contribution in [0.5, 0.6) is 5.75 Å². The van der Waals surface area contributed by atoms with E-state index in [-0.39, 0.29) is 17.7 Å². The van der Waals surface area contributed by atoms with Gasteiger partial charge in [-0.25, -0.2) is 0 Å². The van der Waals surface area contributed by atoms with Gasteiger partial charge in [0.2, 0.25) is 0 Å². The predicted molar refractivity (Wildman–Crippen MR) is 70.8 cm³/mol. The van der Waals surface area contributed by atoms with E-state index in [9.17, 15) is 9.59 Å². The van der Waals surface area contributed by atoms with Crippen molar-refractivity contribution in [2.75, 3.05) is 0 Å². The second-order valence-corrected chi connectivity index (χ2v) is 4.68. The Morgan fingerprint density at radius 3 is 2.22 bits per heavy atom. The van der Waals surface area contributed by atoms with Crippen LogP contribution in [0.25, 0.3) is 0 Å². The number of aryl methyl sites for hydroxylation is 1. The number of ether oxygens (including phenoxy) is 1. The average Bonchev–Trinajstić information content (AvgIpc) is 2.26. The van der Waals surface area contributed by atoms with E-state index in [0.717, 1.165) is 17.7 Å². The van der Waals surface area contributed by atoms with E-state index in [1.54, 1.807) is 13.8 Å². The number of carbonyl (C=O) groups excluding carboxylic acids is 2. The largest absolute Gasteiger partial charge is 0.490 e. The van der Waals surface area contributed by atoms with Gasteiger partial charge in [-0.2, -0.15) is 0 Å². The van der Waals surface area contributed by atoms with Gasteiger partial charge in [-0.3, -0.25) is 4.79 Å². The molecule has 0 spiro atoms. The van der Waals surface area contributed by atoms with Crippen molar-refractivity contribution in [3.05, 3.63) is 29.8 Å². The molecule has 0 aliphatic heterocycles. The molecule has 0 radical (unpaired) electrons. The van der Waals surface area contributed by atoms with Crippen molar-refractivity contribution >= 4 is 11.6 Å². The van der Waals surface area contributed by atoms with E-state index >= 15 is 0 Å². The number of Topliss-reactive ketones (excluding diaryl/α,β-unsaturated/α-hetero) is 2. The van der Waals surface area contributed by atoms with Crippen molar-refractivity contribution in [3.8, 4) is 5.75 Å². The summed E-state index contributed by atoms with van der Waals surface area (Å²) in [5.74, 6) is 1.08. The highest BCUT2D eigenvalue weighted by Crippen LogP contribution is 2.16. The van der Waals surface area contributed by atoms with Crippen LogP contribution in [-0.4, -0.2) is 17.7 Å². The van der Waals surface area contributed by atoms with Crippen molar-refractivity contribution in [2.24, 2.45) is 0 Å². The van der Waals surface area contributed by atoms with E-state index in [2.05, 4.69) is 0 Å². The molecule has 0 fully saturated rings. The van der Waals surface area contributed by atoms with Gasteiger partial charge in [0.05, 0.1) is 0 Å². The summed E-state index contributed by atoms with van der Waals surface area (Å²) in [6, 6.07) is 7.68. The molecule has 0 aromatic heterocycles. The lowest BCUT2D eigenvalue weighted by Gasteiger charge is -2.13. The lowest BCUT2D eigenvalue weighted by Crippen LogP contribution is -2.15. The van der Waals surface area contributed by atoms with Crippen LogP contribution < -0.4 is 4.74 Å². The third kappa shape index (κ3) is 5.62. The van der Waals surface area contributed by atoms with Gasteiger partial charge in [0.1, 0.15) is 23.4 Å². The van der Waals surface area contributed by atoms with Gasteiger partial charge in [0.25, 0.3) is 0 Å². The summed E-state index contributed by atoms with van der Waals surface area (Å²) in [5.41, 5.74) is 1.12. The van der Waals surface area contributed by atoms with Gasteiger partial charge < -0.3 is 9.53 Å². The molecule has 1 unspecified atom stereocenters. The number of ketones is 2. The molecule has 1 atom stereocenters. The van der Waals surface area contributed by atoms with Crippen molar-refractivity contribution in [1.29, 1.82) is 0 Å². The zero-order valence-electron chi connectivity index (χ0n) is 11.2. The molecule has 0 heterocycles. The Morgan fingerprint density at radius 2 is 1.72 bits per heavy atom. The average molecular weight is 248 g/mol. The SMILES string of the molecule is CC(=O)CCc1ccc(OC(C)CC(C)=O)cc1. The Hall–Kier alpha value is -1.64. The topological polar surface area (TPSA) is 43.4 Å². The molecule has 1 aromatic carbocycles. The lowest BCUT2D eigenvalue weighted by atomic mass is 10.1. The van der Waals surface area contributed by atoms with Crippen LogP contribution >= 0.6 is 0 Å². The molecule has 1 rings (SSSR count). The van der Waals surface area contributed by atoms with Gasteiger partial charge in [0.15, 0.2) is 0 Å². The maximum Gasteiger partial charge on any atom is 0.133 e. The third-order valence-corrected chi connectivity index (χ3v) is 2.60. The first-order valence-electron chi connectivity index (χ1n) is 6.22. The van der Waals surface area contributed by atoms with Gasteiger partial charge >= 0.3 is 0 Å². The molecule has 3 nitrogen and oxygen atoms in total. The minimum Gasteiger partial charge on any atom is -0.490 e. The first-order chi connectivity index (χ1) is 8.47. The summed E-state index contributed by atoms with van der Waals surface area (Å²) >= 11 is 0. The molecule has 1 aromatic rings. The van der Waals surface area contributed by atoms with E-state index < -0.39 is 0 Å². The fraction of sp³-hybridized carbons (Fsp3) is 0.467. The predicted octanol–water partition coefficient (Wildman–Crippen LogP) is 2.95. The molecular weight excluding hydrogens is 228 g/mol. The lowest BCUT2D eigenvalue weighted by molar-refractivity contribution is -0.118. The molecule has 3 heteroatoms. The Balaban J connectivity index is 2.49. The third-order valence-electron chi connectivity index (χ3n) is 2.60. The smallest absolute Gasteiger partial charge is 0.133 e. The summed E-state index contributed by atoms with van der Waals surface area (Å²) in [4.78, 5) is 21.8. The van der Waals surface area contributed by atoms with Gasteiger partial charge in [0, 0.05) is 12.8 Å². The molecule has 0 bridgehead atoms. The number of hydrogen-bond acceptors (Lipinski definition) is 3. The van der Waals surface area contributed by atoms with Crippen LogP contribution in [0.3, 0.4) is 0 Å². The summed E-state index contributed by atoms with van der Waals surface area (Å²) in [5, 5.41) is 0. The Morgan fingerprint density at radius 1 is 1.11 bits per heavy atom. The second kappa shape index (κ2) is 6.94. The van der Waals surface area contributed by atoms with Crippen LogP contribution in [0.4, 0.5) is 0 Å². The molecule has 0 saturated heterocycles. The monoisotopic (exact) mass is 248 g/mol. The molecule has 0 saturated carbocycles. The van der Waals surface area contributed by atoms with E-state index in [1.807, 2.05) is 31.2 Å². The van der Waals surface area contributed by atoms with E-state index in [1.165, 1.54) is 0 Å². The quantitative estimate of drug-likeness (QED) is 0.745. The number of benzene rings is 1. The Labute approximate surface area is 108 Å². The minimum atomic E-state index is -0.106. The highest BCUT2D eigenvalue weighted by molar-refractivity contribution is 5.76. The maximum absolute atomic E-state index is 10.9. The summed E-state index contributed by atoms with van der Waals surface area (Å²) < 4.78 is 5.62. The normalized spacial score (nSPS) is 11.9. The number of rotatable bonds is 7. The molecule has 0 aliphatic rings. The molecular formula is C15H20O3. The molecule has 0 aliphatic carbocycles. The fourth-order valence-electron chi connectivity index (χ4n) is 1.73. The fourth-order valence-corrected chi connectivity index (χ4v) is 1.73. The van der Waals surface area contributed by atoms with Crippen LogP contribution in [-0.2, 0) is 16.0 Å². The summed E-state index contributed by atoms with van der Waals surface area (Å²) in [6.07, 6.45) is 1.65. The van der Waals surface area contributed by atoms with Crippen molar-refractivity contribution in [1.82, 2.24) is 0 Å². The van der Waals surface area contributed by atoms with Crippen molar-refractivity contribution < 1.29 is 14.3 Å². The minimum absolute atomic E-state index is 0.106. The summed E-state index contributed by atoms with van der Waals surface area (Å²) in [6.45, 7) is 5.04. The highest BCUT2D eigenvalue weighted by atomic mass is 16.5. The zero-order chi connectivity index (χ0) is 13.5. The van der Waals surface area contributed by atoms with Crippen LogP contribution in [0.2, 0.25) is 0 Å². The van der Waals surface area contributed by atoms with Crippen LogP contribution in [0.15, 0.2) is 24.3 Å².